The first-order valence-corrected chi connectivity index (χ1v) is 11.0. The van der Waals surface area contributed by atoms with Crippen LogP contribution >= 0.6 is 23.7 Å². The minimum atomic E-state index is -3.44. The van der Waals surface area contributed by atoms with Gasteiger partial charge in [0.1, 0.15) is 0 Å². The van der Waals surface area contributed by atoms with Gasteiger partial charge >= 0.3 is 0 Å². The van der Waals surface area contributed by atoms with Crippen molar-refractivity contribution in [3.05, 3.63) is 46.3 Å². The van der Waals surface area contributed by atoms with Crippen LogP contribution in [0.5, 0.6) is 0 Å². The van der Waals surface area contributed by atoms with Crippen molar-refractivity contribution in [2.45, 2.75) is 41.1 Å². The molecule has 2 aliphatic rings. The zero-order chi connectivity index (χ0) is 17.3. The molecule has 5 rings (SSSR count). The summed E-state index contributed by atoms with van der Waals surface area (Å²) in [6.07, 6.45) is 3.44. The molecule has 2 aliphatic heterocycles. The van der Waals surface area contributed by atoms with Crippen molar-refractivity contribution in [1.82, 2.24) is 9.47 Å². The van der Waals surface area contributed by atoms with Crippen molar-refractivity contribution in [1.29, 1.82) is 0 Å². The van der Waals surface area contributed by atoms with Crippen molar-refractivity contribution in [2.24, 2.45) is 7.05 Å². The fraction of sp³-hybridized carbons (Fsp3) is 0.368. The lowest BCUT2D eigenvalue weighted by Gasteiger charge is -2.32. The Morgan fingerprint density at radius 2 is 1.92 bits per heavy atom. The van der Waals surface area contributed by atoms with Crippen LogP contribution in [0.2, 0.25) is 0 Å². The van der Waals surface area contributed by atoms with Gasteiger partial charge in [-0.2, -0.15) is 11.3 Å². The molecular weight excluding hydrogens is 388 g/mol. The van der Waals surface area contributed by atoms with Gasteiger partial charge in [0.15, 0.2) is 0 Å². The molecule has 0 amide bonds. The lowest BCUT2D eigenvalue weighted by molar-refractivity contribution is 0.222. The van der Waals surface area contributed by atoms with Crippen molar-refractivity contribution in [3.8, 4) is 0 Å². The largest absolute Gasteiger partial charge is 0.347 e. The van der Waals surface area contributed by atoms with Gasteiger partial charge in [-0.15, -0.1) is 12.4 Å². The Morgan fingerprint density at radius 1 is 1.12 bits per heavy atom. The summed E-state index contributed by atoms with van der Waals surface area (Å²) < 4.78 is 28.1. The number of sulfone groups is 1. The minimum Gasteiger partial charge on any atom is -0.347 e. The Kier molecular flexibility index (Phi) is 4.23. The number of thiophene rings is 1. The van der Waals surface area contributed by atoms with Crippen LogP contribution in [0.15, 0.2) is 44.8 Å². The first-order chi connectivity index (χ1) is 12.0. The SMILES string of the molecule is CN1C2CCC1c1c(n(C)c3ccc(S(=O)(=O)c4ccsc4)cc13)C2.Cl. The number of hydrogen-bond acceptors (Lipinski definition) is 4. The standard InChI is InChI=1S/C19H20N2O2S2.ClH/c1-20-12-3-5-17(20)19-15-10-13(25(22,23)14-7-8-24-11-14)4-6-16(15)21(2)18(19)9-12;/h4,6-8,10-12,17H,3,5,9H2,1-2H3;1H. The van der Waals surface area contributed by atoms with E-state index < -0.39 is 9.84 Å². The summed E-state index contributed by atoms with van der Waals surface area (Å²) in [6, 6.07) is 8.34. The van der Waals surface area contributed by atoms with Crippen molar-refractivity contribution in [2.75, 3.05) is 7.05 Å². The number of nitrogens with zero attached hydrogens (tertiary/aromatic N) is 2. The Hall–Kier alpha value is -1.34. The highest BCUT2D eigenvalue weighted by Crippen LogP contribution is 2.46. The maximum absolute atomic E-state index is 12.9. The number of aryl methyl sites for hydroxylation is 1. The number of aromatic nitrogens is 1. The molecular formula is C19H21ClN2O2S2. The molecule has 1 aromatic carbocycles. The molecule has 2 atom stereocenters. The van der Waals surface area contributed by atoms with E-state index in [1.165, 1.54) is 29.0 Å². The second-order valence-corrected chi connectivity index (χ2v) is 9.91. The highest BCUT2D eigenvalue weighted by molar-refractivity contribution is 7.91. The summed E-state index contributed by atoms with van der Waals surface area (Å²) in [7, 11) is 0.870. The quantitative estimate of drug-likeness (QED) is 0.638. The van der Waals surface area contributed by atoms with Crippen LogP contribution in [0.25, 0.3) is 10.9 Å². The summed E-state index contributed by atoms with van der Waals surface area (Å²) in [6.45, 7) is 0. The van der Waals surface area contributed by atoms with Gasteiger partial charge in [0.25, 0.3) is 0 Å². The summed E-state index contributed by atoms with van der Waals surface area (Å²) >= 11 is 1.41. The molecule has 138 valence electrons. The first-order valence-electron chi connectivity index (χ1n) is 8.59. The van der Waals surface area contributed by atoms with Crippen LogP contribution in [0, 0.1) is 0 Å². The zero-order valence-electron chi connectivity index (χ0n) is 14.7. The summed E-state index contributed by atoms with van der Waals surface area (Å²) in [5, 5.41) is 4.62. The molecule has 4 heterocycles. The Balaban J connectivity index is 0.00000168. The maximum atomic E-state index is 12.9. The molecule has 2 bridgehead atoms. The predicted octanol–water partition coefficient (Wildman–Crippen LogP) is 4.19. The van der Waals surface area contributed by atoms with Crippen LogP contribution in [0.4, 0.5) is 0 Å². The van der Waals surface area contributed by atoms with Crippen LogP contribution in [-0.2, 0) is 23.3 Å². The molecule has 2 aromatic heterocycles. The van der Waals surface area contributed by atoms with E-state index >= 15 is 0 Å². The molecule has 26 heavy (non-hydrogen) atoms. The smallest absolute Gasteiger partial charge is 0.207 e. The highest BCUT2D eigenvalue weighted by Gasteiger charge is 2.40. The molecule has 2 unspecified atom stereocenters. The van der Waals surface area contributed by atoms with Crippen LogP contribution < -0.4 is 0 Å². The van der Waals surface area contributed by atoms with Crippen LogP contribution in [0.3, 0.4) is 0 Å². The number of hydrogen-bond donors (Lipinski definition) is 0. The third-order valence-corrected chi connectivity index (χ3v) is 8.64. The van der Waals surface area contributed by atoms with E-state index in [-0.39, 0.29) is 12.4 Å². The van der Waals surface area contributed by atoms with Gasteiger partial charge < -0.3 is 4.57 Å². The Morgan fingerprint density at radius 3 is 2.65 bits per heavy atom. The molecule has 0 radical (unpaired) electrons. The third kappa shape index (κ3) is 2.32. The van der Waals surface area contributed by atoms with E-state index in [0.29, 0.717) is 21.9 Å². The molecule has 7 heteroatoms. The van der Waals surface area contributed by atoms with E-state index in [0.717, 1.165) is 23.7 Å². The second kappa shape index (κ2) is 6.09. The third-order valence-electron chi connectivity index (χ3n) is 6.05. The average molecular weight is 409 g/mol. The van der Waals surface area contributed by atoms with Crippen molar-refractivity contribution >= 4 is 44.5 Å². The number of halogens is 1. The van der Waals surface area contributed by atoms with E-state index in [1.807, 2.05) is 17.5 Å². The topological polar surface area (TPSA) is 42.3 Å². The summed E-state index contributed by atoms with van der Waals surface area (Å²) in [5.74, 6) is 0. The minimum absolute atomic E-state index is 0. The van der Waals surface area contributed by atoms with Gasteiger partial charge in [-0.3, -0.25) is 4.90 Å². The molecule has 4 nitrogen and oxygen atoms in total. The number of fused-ring (bicyclic) bond motifs is 6. The average Bonchev–Trinajstić information content (AvgIpc) is 3.27. The fourth-order valence-corrected chi connectivity index (χ4v) is 6.98. The maximum Gasteiger partial charge on any atom is 0.207 e. The van der Waals surface area contributed by atoms with E-state index in [1.54, 1.807) is 17.5 Å². The monoisotopic (exact) mass is 408 g/mol. The zero-order valence-corrected chi connectivity index (χ0v) is 17.1. The summed E-state index contributed by atoms with van der Waals surface area (Å²) in [4.78, 5) is 3.26. The number of benzene rings is 1. The first kappa shape index (κ1) is 18.0. The van der Waals surface area contributed by atoms with Crippen molar-refractivity contribution < 1.29 is 8.42 Å². The van der Waals surface area contributed by atoms with Gasteiger partial charge in [0.2, 0.25) is 9.84 Å². The van der Waals surface area contributed by atoms with E-state index in [2.05, 4.69) is 23.6 Å². The Labute approximate surface area is 163 Å². The predicted molar refractivity (Wildman–Crippen MR) is 107 cm³/mol. The normalized spacial score (nSPS) is 22.4. The molecule has 0 spiro atoms. The number of rotatable bonds is 2. The molecule has 0 N–H and O–H groups in total. The summed E-state index contributed by atoms with van der Waals surface area (Å²) in [5.41, 5.74) is 3.86. The van der Waals surface area contributed by atoms with Crippen LogP contribution in [0.1, 0.15) is 30.1 Å². The van der Waals surface area contributed by atoms with Gasteiger partial charge in [-0.25, -0.2) is 8.42 Å². The molecule has 0 saturated carbocycles. The molecule has 1 fully saturated rings. The van der Waals surface area contributed by atoms with E-state index in [4.69, 9.17) is 0 Å². The van der Waals surface area contributed by atoms with Gasteiger partial charge in [-0.05, 0) is 55.1 Å². The van der Waals surface area contributed by atoms with Gasteiger partial charge in [-0.1, -0.05) is 0 Å². The number of likely N-dealkylation sites (N-methyl/N-ethyl adjacent to an activating group) is 1. The Bertz CT molecular complexity index is 1090. The fourth-order valence-electron chi connectivity index (χ4n) is 4.66. The highest BCUT2D eigenvalue weighted by atomic mass is 35.5. The van der Waals surface area contributed by atoms with Crippen LogP contribution in [-0.4, -0.2) is 31.0 Å². The molecule has 1 saturated heterocycles. The molecule has 0 aliphatic carbocycles. The van der Waals surface area contributed by atoms with Crippen molar-refractivity contribution in [3.63, 3.8) is 0 Å². The second-order valence-electron chi connectivity index (χ2n) is 7.18. The van der Waals surface area contributed by atoms with Gasteiger partial charge in [0.05, 0.1) is 9.79 Å². The van der Waals surface area contributed by atoms with E-state index in [9.17, 15) is 8.42 Å². The lowest BCUT2D eigenvalue weighted by atomic mass is 9.97. The molecule has 3 aromatic rings. The van der Waals surface area contributed by atoms with Gasteiger partial charge in [0, 0.05) is 47.5 Å². The lowest BCUT2D eigenvalue weighted by Crippen LogP contribution is -2.34.